The van der Waals surface area contributed by atoms with Gasteiger partial charge in [0.25, 0.3) is 5.91 Å². The van der Waals surface area contributed by atoms with Crippen molar-refractivity contribution < 1.29 is 18.7 Å². The molecule has 0 heterocycles. The Morgan fingerprint density at radius 2 is 1.83 bits per heavy atom. The quantitative estimate of drug-likeness (QED) is 0.514. The number of amides is 1. The van der Waals surface area contributed by atoms with Gasteiger partial charge < -0.3 is 15.8 Å². The Morgan fingerprint density at radius 3 is 2.47 bits per heavy atom. The molecule has 0 fully saturated rings. The molecule has 30 heavy (non-hydrogen) atoms. The van der Waals surface area contributed by atoms with Crippen molar-refractivity contribution in [1.29, 1.82) is 0 Å². The first-order valence-electron chi connectivity index (χ1n) is 9.51. The fourth-order valence-corrected chi connectivity index (χ4v) is 2.85. The van der Waals surface area contributed by atoms with Crippen LogP contribution in [0.4, 0.5) is 4.39 Å². The Labute approximate surface area is 175 Å². The number of carbonyl (C=O) groups excluding carboxylic acids is 2. The van der Waals surface area contributed by atoms with E-state index in [1.165, 1.54) is 18.2 Å². The number of benzene rings is 2. The third-order valence-corrected chi connectivity index (χ3v) is 4.45. The molecule has 3 N–H and O–H groups in total. The summed E-state index contributed by atoms with van der Waals surface area (Å²) in [5.74, 6) is -1.34. The second kappa shape index (κ2) is 10.9. The van der Waals surface area contributed by atoms with Gasteiger partial charge in [0, 0.05) is 41.7 Å². The second-order valence-electron chi connectivity index (χ2n) is 6.71. The van der Waals surface area contributed by atoms with Gasteiger partial charge in [0.1, 0.15) is 12.4 Å². The highest BCUT2D eigenvalue weighted by molar-refractivity contribution is 6.23. The van der Waals surface area contributed by atoms with Crippen molar-refractivity contribution in [1.82, 2.24) is 5.32 Å². The number of carbonyl (C=O) groups is 2. The maximum Gasteiger partial charge on any atom is 0.307 e. The molecule has 0 bridgehead atoms. The van der Waals surface area contributed by atoms with Gasteiger partial charge in [-0.15, -0.1) is 0 Å². The lowest BCUT2D eigenvalue weighted by atomic mass is 9.97. The lowest BCUT2D eigenvalue weighted by molar-refractivity contribution is -0.144. The molecular weight excluding hydrogens is 385 g/mol. The predicted molar refractivity (Wildman–Crippen MR) is 115 cm³/mol. The van der Waals surface area contributed by atoms with Gasteiger partial charge in [-0.3, -0.25) is 14.6 Å². The molecule has 0 saturated carbocycles. The standard InChI is InChI=1S/C23H26FN3O3/c1-15(25)22(16(2)26-3)19-13-18(9-10-20(19)24)23(29)27-12-11-21(28)30-14-17-7-5-4-6-8-17/h4-10,13H,11-12,14,25H2,1-3H3,(H,27,29). The SMILES string of the molecule is CN=C(C)C(=C(C)N)c1cc(C(=O)NCCC(=O)OCc2ccccc2)ccc1F. The monoisotopic (exact) mass is 411 g/mol. The number of rotatable bonds is 8. The van der Waals surface area contributed by atoms with Gasteiger partial charge in [-0.2, -0.15) is 0 Å². The molecule has 0 aliphatic carbocycles. The van der Waals surface area contributed by atoms with Crippen LogP contribution >= 0.6 is 0 Å². The molecule has 2 aromatic rings. The summed E-state index contributed by atoms with van der Waals surface area (Å²) < 4.78 is 19.6. The first-order valence-corrected chi connectivity index (χ1v) is 9.51. The minimum Gasteiger partial charge on any atom is -0.461 e. The Balaban J connectivity index is 1.97. The van der Waals surface area contributed by atoms with Crippen LogP contribution in [0, 0.1) is 5.82 Å². The molecule has 0 aliphatic heterocycles. The van der Waals surface area contributed by atoms with E-state index >= 15 is 0 Å². The van der Waals surface area contributed by atoms with Crippen molar-refractivity contribution in [3.8, 4) is 0 Å². The molecule has 0 saturated heterocycles. The first-order chi connectivity index (χ1) is 14.3. The highest BCUT2D eigenvalue weighted by Crippen LogP contribution is 2.23. The highest BCUT2D eigenvalue weighted by Gasteiger charge is 2.16. The molecule has 0 aliphatic rings. The van der Waals surface area contributed by atoms with Crippen LogP contribution in [0.2, 0.25) is 0 Å². The van der Waals surface area contributed by atoms with Crippen molar-refractivity contribution in [3.05, 3.63) is 76.7 Å². The smallest absolute Gasteiger partial charge is 0.307 e. The van der Waals surface area contributed by atoms with Crippen molar-refractivity contribution in [3.63, 3.8) is 0 Å². The Morgan fingerprint density at radius 1 is 1.13 bits per heavy atom. The van der Waals surface area contributed by atoms with Crippen molar-refractivity contribution in [2.24, 2.45) is 10.7 Å². The maximum absolute atomic E-state index is 14.4. The summed E-state index contributed by atoms with van der Waals surface area (Å²) in [6.07, 6.45) is 0.0291. The number of allylic oxidation sites excluding steroid dienone is 2. The summed E-state index contributed by atoms with van der Waals surface area (Å²) in [6.45, 7) is 3.66. The molecule has 1 amide bonds. The van der Waals surface area contributed by atoms with Crippen LogP contribution in [-0.2, 0) is 16.1 Å². The Bertz CT molecular complexity index is 965. The van der Waals surface area contributed by atoms with Crippen LogP contribution < -0.4 is 11.1 Å². The van der Waals surface area contributed by atoms with Gasteiger partial charge in [0.15, 0.2) is 0 Å². The van der Waals surface area contributed by atoms with Crippen molar-refractivity contribution in [2.75, 3.05) is 13.6 Å². The van der Waals surface area contributed by atoms with E-state index in [4.69, 9.17) is 10.5 Å². The van der Waals surface area contributed by atoms with E-state index in [0.717, 1.165) is 5.56 Å². The Kier molecular flexibility index (Phi) is 8.29. The third-order valence-electron chi connectivity index (χ3n) is 4.45. The number of aliphatic imine (C=N–C) groups is 1. The number of halogens is 1. The molecule has 0 atom stereocenters. The molecule has 158 valence electrons. The number of ether oxygens (including phenoxy) is 1. The zero-order valence-electron chi connectivity index (χ0n) is 17.4. The van der Waals surface area contributed by atoms with Crippen molar-refractivity contribution >= 4 is 23.2 Å². The van der Waals surface area contributed by atoms with E-state index in [-0.39, 0.29) is 30.7 Å². The van der Waals surface area contributed by atoms with Gasteiger partial charge in [-0.05, 0) is 37.6 Å². The fraction of sp³-hybridized carbons (Fsp3) is 0.261. The topological polar surface area (TPSA) is 93.8 Å². The molecular formula is C23H26FN3O3. The van der Waals surface area contributed by atoms with Gasteiger partial charge in [-0.25, -0.2) is 4.39 Å². The summed E-state index contributed by atoms with van der Waals surface area (Å²) in [7, 11) is 1.59. The molecule has 0 aromatic heterocycles. The minimum atomic E-state index is -0.501. The van der Waals surface area contributed by atoms with Gasteiger partial charge in [-0.1, -0.05) is 30.3 Å². The predicted octanol–water partition coefficient (Wildman–Crippen LogP) is 3.47. The van der Waals surface area contributed by atoms with Gasteiger partial charge in [0.05, 0.1) is 6.42 Å². The molecule has 6 nitrogen and oxygen atoms in total. The van der Waals surface area contributed by atoms with E-state index < -0.39 is 17.7 Å². The summed E-state index contributed by atoms with van der Waals surface area (Å²) in [4.78, 5) is 28.4. The Hall–Kier alpha value is -3.48. The largest absolute Gasteiger partial charge is 0.461 e. The minimum absolute atomic E-state index is 0.0291. The van der Waals surface area contributed by atoms with Gasteiger partial charge >= 0.3 is 5.97 Å². The van der Waals surface area contributed by atoms with E-state index in [2.05, 4.69) is 10.3 Å². The maximum atomic E-state index is 14.4. The average molecular weight is 411 g/mol. The normalized spacial score (nSPS) is 12.2. The number of hydrogen-bond acceptors (Lipinski definition) is 5. The molecule has 2 rings (SSSR count). The van der Waals surface area contributed by atoms with E-state index in [1.807, 2.05) is 30.3 Å². The molecule has 0 radical (unpaired) electrons. The van der Waals surface area contributed by atoms with Crippen LogP contribution in [0.15, 0.2) is 59.2 Å². The number of nitrogens with zero attached hydrogens (tertiary/aromatic N) is 1. The summed E-state index contributed by atoms with van der Waals surface area (Å²) in [5, 5.41) is 2.65. The molecule has 7 heteroatoms. The number of esters is 1. The molecule has 2 aromatic carbocycles. The lowest BCUT2D eigenvalue weighted by Crippen LogP contribution is -2.26. The highest BCUT2D eigenvalue weighted by atomic mass is 19.1. The van der Waals surface area contributed by atoms with Gasteiger partial charge in [0.2, 0.25) is 0 Å². The van der Waals surface area contributed by atoms with Crippen molar-refractivity contribution in [2.45, 2.75) is 26.9 Å². The average Bonchev–Trinajstić information content (AvgIpc) is 2.74. The van der Waals surface area contributed by atoms with Crippen LogP contribution in [0.25, 0.3) is 5.57 Å². The van der Waals surface area contributed by atoms with E-state index in [9.17, 15) is 14.0 Å². The van der Waals surface area contributed by atoms with Crippen LogP contribution in [0.5, 0.6) is 0 Å². The van der Waals surface area contributed by atoms with Crippen LogP contribution in [0.3, 0.4) is 0 Å². The molecule has 0 unspecified atom stereocenters. The zero-order chi connectivity index (χ0) is 22.1. The van der Waals surface area contributed by atoms with E-state index in [1.54, 1.807) is 20.9 Å². The van der Waals surface area contributed by atoms with Crippen LogP contribution in [-0.4, -0.2) is 31.2 Å². The molecule has 0 spiro atoms. The fourth-order valence-electron chi connectivity index (χ4n) is 2.85. The number of hydrogen-bond donors (Lipinski definition) is 2. The van der Waals surface area contributed by atoms with Crippen LogP contribution in [0.1, 0.15) is 41.8 Å². The first kappa shape index (κ1) is 22.8. The number of nitrogens with one attached hydrogen (secondary N) is 1. The summed E-state index contributed by atoms with van der Waals surface area (Å²) >= 11 is 0. The second-order valence-corrected chi connectivity index (χ2v) is 6.71. The third kappa shape index (κ3) is 6.27. The summed E-state index contributed by atoms with van der Waals surface area (Å²) in [6, 6.07) is 13.3. The zero-order valence-corrected chi connectivity index (χ0v) is 17.4. The number of nitrogens with two attached hydrogens (primary N) is 1. The van der Waals surface area contributed by atoms with E-state index in [0.29, 0.717) is 17.0 Å². The summed E-state index contributed by atoms with van der Waals surface area (Å²) in [5.41, 5.74) is 8.66. The lowest BCUT2D eigenvalue weighted by Gasteiger charge is -2.13.